The number of hydrogen-bond acceptors (Lipinski definition) is 3. The summed E-state index contributed by atoms with van der Waals surface area (Å²) in [5, 5.41) is 2.91. The molecule has 0 radical (unpaired) electrons. The van der Waals surface area contributed by atoms with Crippen molar-refractivity contribution in [1.82, 2.24) is 5.32 Å². The van der Waals surface area contributed by atoms with Gasteiger partial charge in [0.1, 0.15) is 6.10 Å². The summed E-state index contributed by atoms with van der Waals surface area (Å²) >= 11 is 0. The minimum Gasteiger partial charge on any atom is -0.368 e. The zero-order chi connectivity index (χ0) is 14.3. The van der Waals surface area contributed by atoms with Crippen LogP contribution in [0.25, 0.3) is 0 Å². The predicted octanol–water partition coefficient (Wildman–Crippen LogP) is 1.93. The van der Waals surface area contributed by atoms with Crippen molar-refractivity contribution < 1.29 is 9.53 Å². The maximum absolute atomic E-state index is 11.8. The lowest BCUT2D eigenvalue weighted by Crippen LogP contribution is -2.38. The van der Waals surface area contributed by atoms with Gasteiger partial charge in [0.05, 0.1) is 6.61 Å². The van der Waals surface area contributed by atoms with Crippen molar-refractivity contribution >= 4 is 5.91 Å². The largest absolute Gasteiger partial charge is 0.368 e. The Kier molecular flexibility index (Phi) is 7.39. The molecule has 1 aliphatic carbocycles. The minimum atomic E-state index is -0.362. The van der Waals surface area contributed by atoms with Gasteiger partial charge in [-0.3, -0.25) is 4.79 Å². The minimum absolute atomic E-state index is 0.00573. The van der Waals surface area contributed by atoms with E-state index >= 15 is 0 Å². The van der Waals surface area contributed by atoms with Gasteiger partial charge in [-0.1, -0.05) is 26.7 Å². The van der Waals surface area contributed by atoms with Crippen molar-refractivity contribution in [2.24, 2.45) is 23.5 Å². The van der Waals surface area contributed by atoms with Crippen LogP contribution in [0.1, 0.15) is 46.5 Å². The van der Waals surface area contributed by atoms with E-state index < -0.39 is 0 Å². The Balaban J connectivity index is 2.28. The number of nitrogens with two attached hydrogens (primary N) is 1. The monoisotopic (exact) mass is 270 g/mol. The van der Waals surface area contributed by atoms with E-state index in [1.165, 1.54) is 25.7 Å². The number of hydrogen-bond donors (Lipinski definition) is 2. The Morgan fingerprint density at radius 1 is 1.26 bits per heavy atom. The molecule has 1 aliphatic rings. The maximum Gasteiger partial charge on any atom is 0.248 e. The van der Waals surface area contributed by atoms with E-state index in [1.807, 2.05) is 6.92 Å². The summed E-state index contributed by atoms with van der Waals surface area (Å²) in [6.07, 6.45) is 4.57. The molecular weight excluding hydrogens is 240 g/mol. The summed E-state index contributed by atoms with van der Waals surface area (Å²) in [7, 11) is 0. The Labute approximate surface area is 117 Å². The molecular formula is C15H30N2O2. The Morgan fingerprint density at radius 2 is 1.89 bits per heavy atom. The van der Waals surface area contributed by atoms with Gasteiger partial charge in [0.15, 0.2) is 0 Å². The van der Waals surface area contributed by atoms with Crippen LogP contribution in [0.5, 0.6) is 0 Å². The van der Waals surface area contributed by atoms with E-state index in [1.54, 1.807) is 0 Å². The van der Waals surface area contributed by atoms with E-state index in [4.69, 9.17) is 10.5 Å². The number of nitrogens with one attached hydrogen (secondary N) is 1. The van der Waals surface area contributed by atoms with Gasteiger partial charge in [0, 0.05) is 6.54 Å². The van der Waals surface area contributed by atoms with Crippen LogP contribution in [0.2, 0.25) is 0 Å². The van der Waals surface area contributed by atoms with Crippen LogP contribution in [0.15, 0.2) is 0 Å². The molecule has 4 heteroatoms. The normalized spacial score (nSPS) is 25.3. The Hall–Kier alpha value is -0.610. The van der Waals surface area contributed by atoms with Gasteiger partial charge in [-0.05, 0) is 44.1 Å². The molecule has 3 atom stereocenters. The van der Waals surface area contributed by atoms with Crippen molar-refractivity contribution in [2.45, 2.75) is 52.6 Å². The van der Waals surface area contributed by atoms with Crippen LogP contribution in [0, 0.1) is 17.8 Å². The third kappa shape index (κ3) is 5.91. The first-order valence-corrected chi connectivity index (χ1v) is 7.64. The molecule has 1 rings (SSSR count). The van der Waals surface area contributed by atoms with Crippen LogP contribution < -0.4 is 11.1 Å². The van der Waals surface area contributed by atoms with Crippen LogP contribution >= 0.6 is 0 Å². The second-order valence-corrected chi connectivity index (χ2v) is 6.15. The second kappa shape index (κ2) is 8.54. The predicted molar refractivity (Wildman–Crippen MR) is 77.8 cm³/mol. The van der Waals surface area contributed by atoms with E-state index in [-0.39, 0.29) is 12.0 Å². The summed E-state index contributed by atoms with van der Waals surface area (Å²) in [5.41, 5.74) is 5.81. The van der Waals surface area contributed by atoms with Gasteiger partial charge in [-0.15, -0.1) is 0 Å². The summed E-state index contributed by atoms with van der Waals surface area (Å²) < 4.78 is 5.74. The van der Waals surface area contributed by atoms with Crippen molar-refractivity contribution in [3.63, 3.8) is 0 Å². The van der Waals surface area contributed by atoms with E-state index in [0.29, 0.717) is 30.9 Å². The third-order valence-corrected chi connectivity index (χ3v) is 3.98. The highest BCUT2D eigenvalue weighted by Gasteiger charge is 2.25. The fraction of sp³-hybridized carbons (Fsp3) is 0.933. The molecule has 0 aliphatic heterocycles. The fourth-order valence-electron chi connectivity index (χ4n) is 2.61. The summed E-state index contributed by atoms with van der Waals surface area (Å²) in [6.45, 7) is 8.11. The number of amides is 1. The number of rotatable bonds is 7. The molecule has 0 bridgehead atoms. The quantitative estimate of drug-likeness (QED) is 0.743. The van der Waals surface area contributed by atoms with Crippen molar-refractivity contribution in [3.05, 3.63) is 0 Å². The van der Waals surface area contributed by atoms with E-state index in [2.05, 4.69) is 19.2 Å². The molecule has 1 amide bonds. The lowest BCUT2D eigenvalue weighted by molar-refractivity contribution is -0.133. The molecule has 0 saturated heterocycles. The molecule has 3 unspecified atom stereocenters. The molecule has 1 saturated carbocycles. The van der Waals surface area contributed by atoms with Crippen LogP contribution in [-0.2, 0) is 9.53 Å². The smallest absolute Gasteiger partial charge is 0.248 e. The van der Waals surface area contributed by atoms with E-state index in [9.17, 15) is 4.79 Å². The van der Waals surface area contributed by atoms with Crippen LogP contribution in [0.3, 0.4) is 0 Å². The number of ether oxygens (including phenoxy) is 1. The van der Waals surface area contributed by atoms with E-state index in [0.717, 1.165) is 6.54 Å². The summed E-state index contributed by atoms with van der Waals surface area (Å²) in [4.78, 5) is 11.8. The van der Waals surface area contributed by atoms with Gasteiger partial charge in [-0.25, -0.2) is 0 Å². The van der Waals surface area contributed by atoms with Crippen molar-refractivity contribution in [3.8, 4) is 0 Å². The zero-order valence-corrected chi connectivity index (χ0v) is 12.7. The fourth-order valence-corrected chi connectivity index (χ4v) is 2.61. The molecule has 112 valence electrons. The molecule has 0 aromatic rings. The van der Waals surface area contributed by atoms with Gasteiger partial charge in [0.25, 0.3) is 0 Å². The maximum atomic E-state index is 11.8. The lowest BCUT2D eigenvalue weighted by Gasteiger charge is -2.31. The summed E-state index contributed by atoms with van der Waals surface area (Å²) in [5.74, 6) is 1.56. The highest BCUT2D eigenvalue weighted by atomic mass is 16.5. The SMILES string of the molecule is CC(C)CNC(=O)C(C)OCC1CCCCC1CN. The van der Waals surface area contributed by atoms with Gasteiger partial charge >= 0.3 is 0 Å². The first kappa shape index (κ1) is 16.4. The third-order valence-electron chi connectivity index (χ3n) is 3.98. The molecule has 1 fully saturated rings. The average Bonchev–Trinajstić information content (AvgIpc) is 2.42. The van der Waals surface area contributed by atoms with Crippen LogP contribution in [-0.4, -0.2) is 31.7 Å². The molecule has 19 heavy (non-hydrogen) atoms. The molecule has 4 nitrogen and oxygen atoms in total. The highest BCUT2D eigenvalue weighted by molar-refractivity contribution is 5.80. The van der Waals surface area contributed by atoms with Crippen molar-refractivity contribution in [1.29, 1.82) is 0 Å². The first-order valence-electron chi connectivity index (χ1n) is 7.64. The topological polar surface area (TPSA) is 64.3 Å². The molecule has 3 N–H and O–H groups in total. The standard InChI is InChI=1S/C15H30N2O2/c1-11(2)9-17-15(18)12(3)19-10-14-7-5-4-6-13(14)8-16/h11-14H,4-10,16H2,1-3H3,(H,17,18). The Morgan fingerprint density at radius 3 is 2.47 bits per heavy atom. The lowest BCUT2D eigenvalue weighted by atomic mass is 9.80. The average molecular weight is 270 g/mol. The van der Waals surface area contributed by atoms with Crippen LogP contribution in [0.4, 0.5) is 0 Å². The van der Waals surface area contributed by atoms with Gasteiger partial charge in [-0.2, -0.15) is 0 Å². The highest BCUT2D eigenvalue weighted by Crippen LogP contribution is 2.29. The molecule has 0 heterocycles. The molecule has 0 aromatic carbocycles. The summed E-state index contributed by atoms with van der Waals surface area (Å²) in [6, 6.07) is 0. The van der Waals surface area contributed by atoms with Gasteiger partial charge in [0.2, 0.25) is 5.91 Å². The molecule has 0 spiro atoms. The zero-order valence-electron chi connectivity index (χ0n) is 12.7. The second-order valence-electron chi connectivity index (χ2n) is 6.15. The van der Waals surface area contributed by atoms with Crippen molar-refractivity contribution in [2.75, 3.05) is 19.7 Å². The number of carbonyl (C=O) groups is 1. The first-order chi connectivity index (χ1) is 9.04. The van der Waals surface area contributed by atoms with Gasteiger partial charge < -0.3 is 15.8 Å². The molecule has 0 aromatic heterocycles. The number of carbonyl (C=O) groups excluding carboxylic acids is 1. The Bertz CT molecular complexity index is 269.